The van der Waals surface area contributed by atoms with Crippen molar-refractivity contribution in [1.29, 1.82) is 0 Å². The Morgan fingerprint density at radius 3 is 2.81 bits per heavy atom. The number of hydrogen-bond acceptors (Lipinski definition) is 4. The molecule has 1 atom stereocenters. The van der Waals surface area contributed by atoms with Crippen LogP contribution in [0.15, 0.2) is 18.2 Å². The van der Waals surface area contributed by atoms with E-state index in [0.29, 0.717) is 5.56 Å². The lowest BCUT2D eigenvalue weighted by atomic mass is 10.2. The van der Waals surface area contributed by atoms with Gasteiger partial charge in [0.2, 0.25) is 0 Å². The van der Waals surface area contributed by atoms with Crippen molar-refractivity contribution in [1.82, 2.24) is 0 Å². The minimum Gasteiger partial charge on any atom is -0.506 e. The monoisotopic (exact) mass is 223 g/mol. The molecule has 0 heterocycles. The molecule has 0 saturated heterocycles. The van der Waals surface area contributed by atoms with Crippen LogP contribution in [0.25, 0.3) is 0 Å². The average molecular weight is 223 g/mol. The molecule has 0 aliphatic heterocycles. The first-order valence-electron chi connectivity index (χ1n) is 5.34. The molecule has 0 aromatic heterocycles. The van der Waals surface area contributed by atoms with Crippen LogP contribution >= 0.6 is 0 Å². The molecule has 4 heteroatoms. The number of phenols is 1. The van der Waals surface area contributed by atoms with Crippen LogP contribution in [0, 0.1) is 0 Å². The van der Waals surface area contributed by atoms with E-state index in [4.69, 9.17) is 10.5 Å². The minimum atomic E-state index is -0.410. The zero-order valence-corrected chi connectivity index (χ0v) is 9.56. The summed E-state index contributed by atoms with van der Waals surface area (Å²) >= 11 is 0. The molecule has 0 bridgehead atoms. The smallest absolute Gasteiger partial charge is 0.338 e. The number of phenolic OH excluding ortho intramolecular Hbond substituents is 1. The van der Waals surface area contributed by atoms with Crippen LogP contribution < -0.4 is 5.73 Å². The standard InChI is InChI=1S/C12H17NO3/c1-3-4-8(2)16-12(15)9-5-6-11(14)10(13)7-9/h5-8,14H,3-4,13H2,1-2H3. The highest BCUT2D eigenvalue weighted by atomic mass is 16.5. The topological polar surface area (TPSA) is 72.5 Å². The van der Waals surface area contributed by atoms with Gasteiger partial charge in [0.15, 0.2) is 0 Å². The maximum Gasteiger partial charge on any atom is 0.338 e. The van der Waals surface area contributed by atoms with Crippen molar-refractivity contribution in [2.45, 2.75) is 32.8 Å². The molecule has 0 amide bonds. The summed E-state index contributed by atoms with van der Waals surface area (Å²) in [5, 5.41) is 9.21. The normalized spacial score (nSPS) is 12.1. The fourth-order valence-corrected chi connectivity index (χ4v) is 1.40. The van der Waals surface area contributed by atoms with Crippen LogP contribution in [0.4, 0.5) is 5.69 Å². The summed E-state index contributed by atoms with van der Waals surface area (Å²) in [5.74, 6) is -0.439. The van der Waals surface area contributed by atoms with Crippen LogP contribution in [-0.4, -0.2) is 17.2 Å². The van der Waals surface area contributed by atoms with E-state index in [-0.39, 0.29) is 17.5 Å². The SMILES string of the molecule is CCCC(C)OC(=O)c1ccc(O)c(N)c1. The molecule has 0 spiro atoms. The number of aromatic hydroxyl groups is 1. The molecule has 88 valence electrons. The Morgan fingerprint density at radius 1 is 1.56 bits per heavy atom. The second-order valence-electron chi connectivity index (χ2n) is 3.78. The summed E-state index contributed by atoms with van der Waals surface area (Å²) in [7, 11) is 0. The first-order valence-corrected chi connectivity index (χ1v) is 5.34. The average Bonchev–Trinajstić information content (AvgIpc) is 2.22. The third-order valence-corrected chi connectivity index (χ3v) is 2.27. The van der Waals surface area contributed by atoms with E-state index in [1.165, 1.54) is 18.2 Å². The van der Waals surface area contributed by atoms with Crippen molar-refractivity contribution < 1.29 is 14.6 Å². The number of nitrogens with two attached hydrogens (primary N) is 1. The van der Waals surface area contributed by atoms with E-state index >= 15 is 0 Å². The van der Waals surface area contributed by atoms with E-state index in [2.05, 4.69) is 0 Å². The maximum absolute atomic E-state index is 11.6. The van der Waals surface area contributed by atoms with Gasteiger partial charge >= 0.3 is 5.97 Å². The first-order chi connectivity index (χ1) is 7.54. The highest BCUT2D eigenvalue weighted by Crippen LogP contribution is 2.21. The molecule has 0 aliphatic rings. The largest absolute Gasteiger partial charge is 0.506 e. The van der Waals surface area contributed by atoms with Gasteiger partial charge < -0.3 is 15.6 Å². The number of hydrogen-bond donors (Lipinski definition) is 2. The molecule has 0 aliphatic carbocycles. The number of carbonyl (C=O) groups is 1. The molecule has 1 rings (SSSR count). The molecule has 0 saturated carbocycles. The van der Waals surface area contributed by atoms with Crippen molar-refractivity contribution in [3.63, 3.8) is 0 Å². The van der Waals surface area contributed by atoms with Gasteiger partial charge in [-0.15, -0.1) is 0 Å². The quantitative estimate of drug-likeness (QED) is 0.466. The number of carbonyl (C=O) groups excluding carboxylic acids is 1. The van der Waals surface area contributed by atoms with Gasteiger partial charge in [0.05, 0.1) is 17.4 Å². The summed E-state index contributed by atoms with van der Waals surface area (Å²) in [6.45, 7) is 3.88. The lowest BCUT2D eigenvalue weighted by molar-refractivity contribution is 0.0323. The van der Waals surface area contributed by atoms with Gasteiger partial charge in [-0.2, -0.15) is 0 Å². The molecular weight excluding hydrogens is 206 g/mol. The molecule has 3 N–H and O–H groups in total. The van der Waals surface area contributed by atoms with E-state index in [9.17, 15) is 9.90 Å². The minimum absolute atomic E-state index is 0.0295. The molecule has 1 aromatic carbocycles. The molecule has 0 radical (unpaired) electrons. The number of anilines is 1. The molecule has 16 heavy (non-hydrogen) atoms. The van der Waals surface area contributed by atoms with Crippen molar-refractivity contribution >= 4 is 11.7 Å². The molecule has 4 nitrogen and oxygen atoms in total. The van der Waals surface area contributed by atoms with Crippen LogP contribution in [0.3, 0.4) is 0 Å². The Morgan fingerprint density at radius 2 is 2.25 bits per heavy atom. The zero-order valence-electron chi connectivity index (χ0n) is 9.56. The predicted molar refractivity (Wildman–Crippen MR) is 62.3 cm³/mol. The fraction of sp³-hybridized carbons (Fsp3) is 0.417. The third kappa shape index (κ3) is 3.15. The number of nitrogen functional groups attached to an aromatic ring is 1. The third-order valence-electron chi connectivity index (χ3n) is 2.27. The first kappa shape index (κ1) is 12.4. The summed E-state index contributed by atoms with van der Waals surface area (Å²) in [5.41, 5.74) is 6.03. The van der Waals surface area contributed by atoms with Crippen molar-refractivity contribution in [3.8, 4) is 5.75 Å². The summed E-state index contributed by atoms with van der Waals surface area (Å²) in [4.78, 5) is 11.6. The second-order valence-corrected chi connectivity index (χ2v) is 3.78. The van der Waals surface area contributed by atoms with Crippen LogP contribution in [0.5, 0.6) is 5.75 Å². The number of benzene rings is 1. The van der Waals surface area contributed by atoms with Gasteiger partial charge in [-0.25, -0.2) is 4.79 Å². The van der Waals surface area contributed by atoms with Crippen molar-refractivity contribution in [3.05, 3.63) is 23.8 Å². The Labute approximate surface area is 95.0 Å². The van der Waals surface area contributed by atoms with Gasteiger partial charge in [-0.3, -0.25) is 0 Å². The molecule has 1 aromatic rings. The molecule has 0 fully saturated rings. The van der Waals surface area contributed by atoms with E-state index < -0.39 is 5.97 Å². The van der Waals surface area contributed by atoms with Crippen molar-refractivity contribution in [2.24, 2.45) is 0 Å². The Kier molecular flexibility index (Phi) is 4.17. The van der Waals surface area contributed by atoms with E-state index in [1.54, 1.807) is 0 Å². The van der Waals surface area contributed by atoms with Crippen molar-refractivity contribution in [2.75, 3.05) is 5.73 Å². The lowest BCUT2D eigenvalue weighted by Gasteiger charge is -2.12. The maximum atomic E-state index is 11.6. The summed E-state index contributed by atoms with van der Waals surface area (Å²) in [6.07, 6.45) is 1.69. The van der Waals surface area contributed by atoms with Gasteiger partial charge in [-0.05, 0) is 31.5 Å². The Bertz CT molecular complexity index is 377. The van der Waals surface area contributed by atoms with E-state index in [0.717, 1.165) is 12.8 Å². The van der Waals surface area contributed by atoms with Crippen LogP contribution in [0.1, 0.15) is 37.0 Å². The fourth-order valence-electron chi connectivity index (χ4n) is 1.40. The van der Waals surface area contributed by atoms with Gasteiger partial charge in [0, 0.05) is 0 Å². The molecule has 1 unspecified atom stereocenters. The second kappa shape index (κ2) is 5.39. The van der Waals surface area contributed by atoms with Gasteiger partial charge in [0.25, 0.3) is 0 Å². The highest BCUT2D eigenvalue weighted by Gasteiger charge is 2.12. The number of ether oxygens (including phenoxy) is 1. The zero-order chi connectivity index (χ0) is 12.1. The van der Waals surface area contributed by atoms with E-state index in [1.807, 2.05) is 13.8 Å². The predicted octanol–water partition coefficient (Wildman–Crippen LogP) is 2.32. The van der Waals surface area contributed by atoms with Gasteiger partial charge in [0.1, 0.15) is 5.75 Å². The summed E-state index contributed by atoms with van der Waals surface area (Å²) < 4.78 is 5.20. The lowest BCUT2D eigenvalue weighted by Crippen LogP contribution is -2.14. The Balaban J connectivity index is 2.69. The highest BCUT2D eigenvalue weighted by molar-refractivity contribution is 5.91. The summed E-state index contributed by atoms with van der Waals surface area (Å²) in [6, 6.07) is 4.29. The van der Waals surface area contributed by atoms with Crippen LogP contribution in [-0.2, 0) is 4.74 Å². The Hall–Kier alpha value is -1.71. The van der Waals surface area contributed by atoms with Gasteiger partial charge in [-0.1, -0.05) is 13.3 Å². The number of rotatable bonds is 4. The van der Waals surface area contributed by atoms with Crippen LogP contribution in [0.2, 0.25) is 0 Å². The molecular formula is C12H17NO3. The number of esters is 1.